The van der Waals surface area contributed by atoms with Crippen LogP contribution in [0.3, 0.4) is 0 Å². The topological polar surface area (TPSA) is 75.9 Å². The first-order valence-corrected chi connectivity index (χ1v) is 7.70. The number of nitrogens with one attached hydrogen (secondary N) is 2. The first-order chi connectivity index (χ1) is 11.5. The molecule has 0 aliphatic heterocycles. The van der Waals surface area contributed by atoms with Crippen LogP contribution < -0.4 is 16.4 Å². The van der Waals surface area contributed by atoms with Crippen LogP contribution in [0.1, 0.15) is 24.5 Å². The number of hydrogen-bond acceptors (Lipinski definition) is 5. The average molecular weight is 354 g/mol. The molecule has 5 nitrogen and oxygen atoms in total. The van der Waals surface area contributed by atoms with E-state index in [9.17, 15) is 8.78 Å². The highest BCUT2D eigenvalue weighted by molar-refractivity contribution is 6.31. The lowest BCUT2D eigenvalue weighted by molar-refractivity contribution is 0.151. The van der Waals surface area contributed by atoms with Gasteiger partial charge in [-0.1, -0.05) is 18.5 Å². The van der Waals surface area contributed by atoms with E-state index in [-0.39, 0.29) is 10.6 Å². The van der Waals surface area contributed by atoms with Crippen molar-refractivity contribution in [2.75, 3.05) is 17.2 Å². The molecule has 1 heterocycles. The van der Waals surface area contributed by atoms with E-state index < -0.39 is 6.43 Å². The lowest BCUT2D eigenvalue weighted by atomic mass is 10.2. The second-order valence-electron chi connectivity index (χ2n) is 5.02. The number of alkyl halides is 2. The highest BCUT2D eigenvalue weighted by Gasteiger charge is 2.12. The average Bonchev–Trinajstić information content (AvgIpc) is 2.59. The Hall–Kier alpha value is -2.41. The molecule has 0 radical (unpaired) electrons. The smallest absolute Gasteiger partial charge is 0.265 e. The van der Waals surface area contributed by atoms with Gasteiger partial charge in [0.15, 0.2) is 0 Å². The van der Waals surface area contributed by atoms with Gasteiger partial charge in [0, 0.05) is 40.6 Å². The zero-order valence-corrected chi connectivity index (χ0v) is 13.8. The molecule has 0 aliphatic carbocycles. The summed E-state index contributed by atoms with van der Waals surface area (Å²) in [7, 11) is 0. The monoisotopic (exact) mass is 353 g/mol. The largest absolute Gasteiger partial charge is 0.399 e. The Morgan fingerprint density at radius 3 is 2.67 bits per heavy atom. The summed E-state index contributed by atoms with van der Waals surface area (Å²) in [5.74, 6) is 0.468. The van der Waals surface area contributed by atoms with E-state index in [0.29, 0.717) is 23.9 Å². The molecule has 0 aliphatic rings. The molecule has 0 atom stereocenters. The first-order valence-electron chi connectivity index (χ1n) is 7.33. The van der Waals surface area contributed by atoms with E-state index in [1.54, 1.807) is 18.5 Å². The Morgan fingerprint density at radius 2 is 2.04 bits per heavy atom. The molecule has 0 saturated carbocycles. The number of benzene rings is 1. The van der Waals surface area contributed by atoms with Gasteiger partial charge in [-0.3, -0.25) is 0 Å². The SMILES string of the molecule is CCc1cnc(NC/C(N)=C/Nc2ccc(Cl)c(C(F)F)c2)nc1. The summed E-state index contributed by atoms with van der Waals surface area (Å²) >= 11 is 5.72. The predicted octanol–water partition coefficient (Wildman–Crippen LogP) is 3.95. The van der Waals surface area contributed by atoms with Gasteiger partial charge in [0.25, 0.3) is 6.43 Å². The molecule has 0 bridgehead atoms. The van der Waals surface area contributed by atoms with Crippen LogP contribution in [0.2, 0.25) is 5.02 Å². The molecule has 0 unspecified atom stereocenters. The van der Waals surface area contributed by atoms with Crippen molar-refractivity contribution in [2.45, 2.75) is 19.8 Å². The third-order valence-corrected chi connectivity index (χ3v) is 3.56. The molecule has 0 spiro atoms. The maximum absolute atomic E-state index is 12.8. The highest BCUT2D eigenvalue weighted by atomic mass is 35.5. The molecular weight excluding hydrogens is 336 g/mol. The molecule has 24 heavy (non-hydrogen) atoms. The number of rotatable bonds is 7. The van der Waals surface area contributed by atoms with Crippen LogP contribution in [0.25, 0.3) is 0 Å². The van der Waals surface area contributed by atoms with E-state index in [0.717, 1.165) is 12.0 Å². The maximum atomic E-state index is 12.8. The lowest BCUT2D eigenvalue weighted by Gasteiger charge is -2.09. The summed E-state index contributed by atoms with van der Waals surface area (Å²) in [5, 5.41) is 5.87. The fourth-order valence-corrected chi connectivity index (χ4v) is 2.04. The van der Waals surface area contributed by atoms with Crippen molar-refractivity contribution in [2.24, 2.45) is 5.73 Å². The minimum Gasteiger partial charge on any atom is -0.399 e. The predicted molar refractivity (Wildman–Crippen MR) is 92.2 cm³/mol. The van der Waals surface area contributed by atoms with E-state index in [1.165, 1.54) is 18.3 Å². The highest BCUT2D eigenvalue weighted by Crippen LogP contribution is 2.29. The van der Waals surface area contributed by atoms with Gasteiger partial charge < -0.3 is 16.4 Å². The Kier molecular flexibility index (Phi) is 6.31. The fraction of sp³-hybridized carbons (Fsp3) is 0.250. The molecule has 4 N–H and O–H groups in total. The number of anilines is 2. The van der Waals surface area contributed by atoms with Crippen molar-refractivity contribution in [1.82, 2.24) is 9.97 Å². The Balaban J connectivity index is 1.92. The van der Waals surface area contributed by atoms with E-state index in [4.69, 9.17) is 17.3 Å². The van der Waals surface area contributed by atoms with Gasteiger partial charge >= 0.3 is 0 Å². The van der Waals surface area contributed by atoms with Crippen LogP contribution in [-0.4, -0.2) is 16.5 Å². The third-order valence-electron chi connectivity index (χ3n) is 3.22. The van der Waals surface area contributed by atoms with Gasteiger partial charge in [0.1, 0.15) is 0 Å². The maximum Gasteiger partial charge on any atom is 0.265 e. The summed E-state index contributed by atoms with van der Waals surface area (Å²) in [6.07, 6.45) is 3.24. The van der Waals surface area contributed by atoms with Crippen molar-refractivity contribution >= 4 is 23.2 Å². The van der Waals surface area contributed by atoms with E-state index in [1.807, 2.05) is 6.92 Å². The fourth-order valence-electron chi connectivity index (χ4n) is 1.84. The first kappa shape index (κ1) is 17.9. The molecule has 1 aromatic carbocycles. The summed E-state index contributed by atoms with van der Waals surface area (Å²) in [6, 6.07) is 4.30. The zero-order chi connectivity index (χ0) is 17.5. The van der Waals surface area contributed by atoms with Gasteiger partial charge in [-0.05, 0) is 30.2 Å². The van der Waals surface area contributed by atoms with Gasteiger partial charge in [-0.25, -0.2) is 18.7 Å². The van der Waals surface area contributed by atoms with E-state index in [2.05, 4.69) is 20.6 Å². The van der Waals surface area contributed by atoms with Gasteiger partial charge in [0.05, 0.1) is 6.54 Å². The van der Waals surface area contributed by atoms with Crippen molar-refractivity contribution < 1.29 is 8.78 Å². The molecule has 1 aromatic heterocycles. The van der Waals surface area contributed by atoms with Gasteiger partial charge in [0.2, 0.25) is 5.95 Å². The molecule has 2 rings (SSSR count). The Morgan fingerprint density at radius 1 is 1.33 bits per heavy atom. The summed E-state index contributed by atoms with van der Waals surface area (Å²) in [6.45, 7) is 2.34. The molecule has 128 valence electrons. The minimum absolute atomic E-state index is 0.0295. The van der Waals surface area contributed by atoms with Crippen LogP contribution in [0, 0.1) is 0 Å². The van der Waals surface area contributed by atoms with Crippen molar-refractivity contribution in [1.29, 1.82) is 0 Å². The number of nitrogens with two attached hydrogens (primary N) is 1. The molecule has 0 amide bonds. The lowest BCUT2D eigenvalue weighted by Crippen LogP contribution is -2.14. The number of hydrogen-bond donors (Lipinski definition) is 3. The van der Waals surface area contributed by atoms with Crippen LogP contribution in [0.5, 0.6) is 0 Å². The Labute approximate surface area is 144 Å². The molecule has 0 fully saturated rings. The normalized spacial score (nSPS) is 11.6. The molecule has 8 heteroatoms. The third kappa shape index (κ3) is 5.06. The van der Waals surface area contributed by atoms with Gasteiger partial charge in [-0.2, -0.15) is 0 Å². The number of nitrogens with zero attached hydrogens (tertiary/aromatic N) is 2. The zero-order valence-electron chi connectivity index (χ0n) is 13.1. The van der Waals surface area contributed by atoms with Crippen LogP contribution in [-0.2, 0) is 6.42 Å². The number of halogens is 3. The van der Waals surface area contributed by atoms with Crippen LogP contribution in [0.15, 0.2) is 42.5 Å². The van der Waals surface area contributed by atoms with Crippen molar-refractivity contribution in [3.05, 3.63) is 58.6 Å². The second kappa shape index (κ2) is 8.44. The minimum atomic E-state index is -2.63. The standard InChI is InChI=1S/C16H18ClF2N5/c1-2-10-6-22-16(23-7-10)24-9-11(20)8-21-12-3-4-14(17)13(5-12)15(18)19/h3-8,15,21H,2,9,20H2,1H3,(H,22,23,24)/b11-8-. The summed E-state index contributed by atoms with van der Waals surface area (Å²) < 4.78 is 25.6. The summed E-state index contributed by atoms with van der Waals surface area (Å²) in [5.41, 5.74) is 7.62. The van der Waals surface area contributed by atoms with Crippen molar-refractivity contribution in [3.63, 3.8) is 0 Å². The van der Waals surface area contributed by atoms with Crippen LogP contribution in [0.4, 0.5) is 20.4 Å². The molecular formula is C16H18ClF2N5. The molecule has 0 saturated heterocycles. The van der Waals surface area contributed by atoms with Crippen LogP contribution >= 0.6 is 11.6 Å². The Bertz CT molecular complexity index is 704. The quantitative estimate of drug-likeness (QED) is 0.702. The number of aryl methyl sites for hydroxylation is 1. The van der Waals surface area contributed by atoms with Crippen molar-refractivity contribution in [3.8, 4) is 0 Å². The second-order valence-corrected chi connectivity index (χ2v) is 5.43. The van der Waals surface area contributed by atoms with E-state index >= 15 is 0 Å². The van der Waals surface area contributed by atoms with Gasteiger partial charge in [-0.15, -0.1) is 0 Å². The molecule has 2 aromatic rings. The number of aromatic nitrogens is 2. The summed E-state index contributed by atoms with van der Waals surface area (Å²) in [4.78, 5) is 8.31.